The number of nitrogens with two attached hydrogens (primary N) is 1. The summed E-state index contributed by atoms with van der Waals surface area (Å²) in [4.78, 5) is 11.4. The van der Waals surface area contributed by atoms with Crippen LogP contribution in [0.2, 0.25) is 0 Å². The third-order valence-corrected chi connectivity index (χ3v) is 2.17. The Kier molecular flexibility index (Phi) is 5.04. The molecule has 0 spiro atoms. The van der Waals surface area contributed by atoms with Gasteiger partial charge in [-0.25, -0.2) is 0 Å². The zero-order valence-electron chi connectivity index (χ0n) is 9.20. The van der Waals surface area contributed by atoms with Gasteiger partial charge < -0.3 is 20.9 Å². The summed E-state index contributed by atoms with van der Waals surface area (Å²) in [6, 6.07) is -0.696. The first-order valence-corrected chi connectivity index (χ1v) is 4.56. The fourth-order valence-corrected chi connectivity index (χ4v) is 0.770. The second-order valence-electron chi connectivity index (χ2n) is 3.95. The molecule has 0 fully saturated rings. The first-order chi connectivity index (χ1) is 6.31. The van der Waals surface area contributed by atoms with E-state index in [4.69, 9.17) is 10.5 Å². The van der Waals surface area contributed by atoms with Crippen LogP contribution in [0.5, 0.6) is 0 Å². The number of carbonyl (C=O) groups is 1. The number of ether oxygens (including phenoxy) is 1. The molecular formula is C9H20N2O3. The molecule has 0 aromatic heterocycles. The predicted octanol–water partition coefficient (Wildman–Crippen LogP) is -0.764. The third-order valence-electron chi connectivity index (χ3n) is 2.17. The van der Waals surface area contributed by atoms with E-state index in [1.807, 2.05) is 0 Å². The van der Waals surface area contributed by atoms with Gasteiger partial charge in [0.05, 0.1) is 18.2 Å². The van der Waals surface area contributed by atoms with Gasteiger partial charge in [-0.3, -0.25) is 4.79 Å². The molecule has 14 heavy (non-hydrogen) atoms. The van der Waals surface area contributed by atoms with Crippen molar-refractivity contribution in [3.63, 3.8) is 0 Å². The molecule has 0 saturated carbocycles. The average Bonchev–Trinajstić information content (AvgIpc) is 2.03. The summed E-state index contributed by atoms with van der Waals surface area (Å²) in [5, 5.41) is 12.0. The van der Waals surface area contributed by atoms with Crippen molar-refractivity contribution < 1.29 is 14.6 Å². The van der Waals surface area contributed by atoms with Crippen LogP contribution in [0.3, 0.4) is 0 Å². The molecule has 5 heteroatoms. The Morgan fingerprint density at radius 1 is 1.64 bits per heavy atom. The van der Waals surface area contributed by atoms with E-state index in [-0.39, 0.29) is 12.5 Å². The molecule has 0 rings (SSSR count). The number of methoxy groups -OCH3 is 1. The number of aliphatic hydroxyl groups excluding tert-OH is 1. The van der Waals surface area contributed by atoms with Crippen molar-refractivity contribution in [2.45, 2.75) is 38.5 Å². The molecule has 5 nitrogen and oxygen atoms in total. The Morgan fingerprint density at radius 3 is 2.50 bits per heavy atom. The number of carbonyl (C=O) groups excluding carboxylic acids is 1. The quantitative estimate of drug-likeness (QED) is 0.549. The second-order valence-corrected chi connectivity index (χ2v) is 3.95. The molecule has 0 bridgehead atoms. The van der Waals surface area contributed by atoms with Crippen LogP contribution in [-0.4, -0.2) is 42.4 Å². The third kappa shape index (κ3) is 4.04. The topological polar surface area (TPSA) is 84.6 Å². The summed E-state index contributed by atoms with van der Waals surface area (Å²) in [5.41, 5.74) is 4.84. The number of rotatable bonds is 5. The molecule has 1 amide bonds. The molecule has 0 aromatic rings. The van der Waals surface area contributed by atoms with Gasteiger partial charge in [0.2, 0.25) is 5.91 Å². The minimum absolute atomic E-state index is 0.168. The van der Waals surface area contributed by atoms with Crippen LogP contribution < -0.4 is 11.1 Å². The lowest BCUT2D eigenvalue weighted by Crippen LogP contribution is -2.56. The molecule has 4 N–H and O–H groups in total. The predicted molar refractivity (Wildman–Crippen MR) is 53.8 cm³/mol. The van der Waals surface area contributed by atoms with Crippen LogP contribution in [0.4, 0.5) is 0 Å². The second kappa shape index (κ2) is 5.29. The fraction of sp³-hybridized carbons (Fsp3) is 0.889. The molecule has 0 heterocycles. The standard InChI is InChI=1S/C9H20N2O3/c1-6(12)9(2,3)11-8(13)7(10)5-14-4/h6-7,12H,5,10H2,1-4H3,(H,11,13). The van der Waals surface area contributed by atoms with E-state index in [0.29, 0.717) is 0 Å². The molecule has 0 aliphatic heterocycles. The summed E-state index contributed by atoms with van der Waals surface area (Å²) >= 11 is 0. The van der Waals surface area contributed by atoms with Gasteiger partial charge in [-0.05, 0) is 20.8 Å². The number of nitrogens with one attached hydrogen (secondary N) is 1. The van der Waals surface area contributed by atoms with Crippen molar-refractivity contribution in [1.82, 2.24) is 5.32 Å². The van der Waals surface area contributed by atoms with Crippen LogP contribution in [-0.2, 0) is 9.53 Å². The van der Waals surface area contributed by atoms with Crippen LogP contribution in [0.25, 0.3) is 0 Å². The van der Waals surface area contributed by atoms with Crippen molar-refractivity contribution in [2.75, 3.05) is 13.7 Å². The Hall–Kier alpha value is -0.650. The number of hydrogen-bond acceptors (Lipinski definition) is 4. The van der Waals surface area contributed by atoms with Crippen molar-refractivity contribution >= 4 is 5.91 Å². The highest BCUT2D eigenvalue weighted by Crippen LogP contribution is 2.08. The zero-order chi connectivity index (χ0) is 11.4. The number of hydrogen-bond donors (Lipinski definition) is 3. The van der Waals surface area contributed by atoms with E-state index in [9.17, 15) is 9.90 Å². The van der Waals surface area contributed by atoms with Gasteiger partial charge in [-0.1, -0.05) is 0 Å². The summed E-state index contributed by atoms with van der Waals surface area (Å²) < 4.78 is 4.75. The summed E-state index contributed by atoms with van der Waals surface area (Å²) in [7, 11) is 1.48. The zero-order valence-corrected chi connectivity index (χ0v) is 9.20. The Balaban J connectivity index is 4.17. The van der Waals surface area contributed by atoms with Gasteiger partial charge in [0, 0.05) is 7.11 Å². The molecule has 0 aliphatic carbocycles. The lowest BCUT2D eigenvalue weighted by molar-refractivity contribution is -0.126. The average molecular weight is 204 g/mol. The molecule has 0 saturated heterocycles. The smallest absolute Gasteiger partial charge is 0.239 e. The normalized spacial score (nSPS) is 16.1. The van der Waals surface area contributed by atoms with E-state index in [1.165, 1.54) is 7.11 Å². The summed E-state index contributed by atoms with van der Waals surface area (Å²) in [6.07, 6.45) is -0.638. The summed E-state index contributed by atoms with van der Waals surface area (Å²) in [5.74, 6) is -0.322. The largest absolute Gasteiger partial charge is 0.391 e. The SMILES string of the molecule is COCC(N)C(=O)NC(C)(C)C(C)O. The first kappa shape index (κ1) is 13.4. The van der Waals surface area contributed by atoms with Gasteiger partial charge in [0.1, 0.15) is 6.04 Å². The first-order valence-electron chi connectivity index (χ1n) is 4.56. The van der Waals surface area contributed by atoms with Gasteiger partial charge in [0.15, 0.2) is 0 Å². The highest BCUT2D eigenvalue weighted by atomic mass is 16.5. The van der Waals surface area contributed by atoms with E-state index in [0.717, 1.165) is 0 Å². The van der Waals surface area contributed by atoms with Gasteiger partial charge >= 0.3 is 0 Å². The Labute approximate surface area is 84.6 Å². The maximum absolute atomic E-state index is 11.4. The maximum atomic E-state index is 11.4. The van der Waals surface area contributed by atoms with Gasteiger partial charge in [-0.2, -0.15) is 0 Å². The van der Waals surface area contributed by atoms with Crippen molar-refractivity contribution in [1.29, 1.82) is 0 Å². The van der Waals surface area contributed by atoms with Crippen molar-refractivity contribution in [3.8, 4) is 0 Å². The van der Waals surface area contributed by atoms with Crippen molar-refractivity contribution in [3.05, 3.63) is 0 Å². The van der Waals surface area contributed by atoms with Crippen LogP contribution in [0.15, 0.2) is 0 Å². The van der Waals surface area contributed by atoms with Crippen molar-refractivity contribution in [2.24, 2.45) is 5.73 Å². The molecule has 0 radical (unpaired) electrons. The van der Waals surface area contributed by atoms with Crippen LogP contribution in [0, 0.1) is 0 Å². The highest BCUT2D eigenvalue weighted by Gasteiger charge is 2.28. The fourth-order valence-electron chi connectivity index (χ4n) is 0.770. The molecule has 0 aliphatic rings. The maximum Gasteiger partial charge on any atom is 0.239 e. The minimum Gasteiger partial charge on any atom is -0.391 e. The van der Waals surface area contributed by atoms with E-state index >= 15 is 0 Å². The monoisotopic (exact) mass is 204 g/mol. The van der Waals surface area contributed by atoms with Gasteiger partial charge in [-0.15, -0.1) is 0 Å². The molecule has 2 atom stereocenters. The Morgan fingerprint density at radius 2 is 2.14 bits per heavy atom. The lowest BCUT2D eigenvalue weighted by Gasteiger charge is -2.30. The molecular weight excluding hydrogens is 184 g/mol. The summed E-state index contributed by atoms with van der Waals surface area (Å²) in [6.45, 7) is 5.24. The van der Waals surface area contributed by atoms with E-state index < -0.39 is 17.7 Å². The molecule has 0 aromatic carbocycles. The van der Waals surface area contributed by atoms with E-state index in [1.54, 1.807) is 20.8 Å². The number of amides is 1. The highest BCUT2D eigenvalue weighted by molar-refractivity contribution is 5.82. The molecule has 2 unspecified atom stereocenters. The Bertz CT molecular complexity index is 192. The van der Waals surface area contributed by atoms with Crippen LogP contribution in [0.1, 0.15) is 20.8 Å². The number of aliphatic hydroxyl groups is 1. The van der Waals surface area contributed by atoms with Gasteiger partial charge in [0.25, 0.3) is 0 Å². The minimum atomic E-state index is -0.696. The van der Waals surface area contributed by atoms with E-state index in [2.05, 4.69) is 5.32 Å². The van der Waals surface area contributed by atoms with Crippen LogP contribution >= 0.6 is 0 Å². The lowest BCUT2D eigenvalue weighted by atomic mass is 9.98. The molecule has 84 valence electrons.